The molecule has 1 aromatic heterocycles. The van der Waals surface area contributed by atoms with Crippen LogP contribution >= 0.6 is 23.4 Å². The SMILES string of the molecule is CCc1cn2c(n1)C(C(N)=O)N(Nc1ccc(C3CCN(C(=O)OC(C)(C)C)CC3)cc1Cl)C=C2SC. The second-order valence-electron chi connectivity index (χ2n) is 10.3. The molecule has 11 heteroatoms. The van der Waals surface area contributed by atoms with Crippen LogP contribution in [-0.4, -0.2) is 56.4 Å². The zero-order valence-electron chi connectivity index (χ0n) is 22.0. The third kappa shape index (κ3) is 6.01. The summed E-state index contributed by atoms with van der Waals surface area (Å²) in [6.45, 7) is 8.92. The predicted molar refractivity (Wildman–Crippen MR) is 148 cm³/mol. The standard InChI is InChI=1S/C26H35ClN6O3S/c1-6-18-14-32-21(37-5)15-33(22(23(28)34)24(32)29-18)30-20-8-7-17(13-19(20)27)16-9-11-31(12-10-16)25(35)36-26(2,3)4/h7-8,13-16,22,30H,6,9-12H2,1-5H3,(H2,28,34). The summed E-state index contributed by atoms with van der Waals surface area (Å²) in [5, 5.41) is 3.13. The number of aryl methyl sites for hydroxylation is 1. The van der Waals surface area contributed by atoms with Crippen molar-refractivity contribution in [3.8, 4) is 0 Å². The van der Waals surface area contributed by atoms with Gasteiger partial charge in [-0.1, -0.05) is 24.6 Å². The molecule has 0 aliphatic carbocycles. The third-order valence-electron chi connectivity index (χ3n) is 6.49. The summed E-state index contributed by atoms with van der Waals surface area (Å²) in [6.07, 6.45) is 7.93. The molecule has 3 heterocycles. The smallest absolute Gasteiger partial charge is 0.410 e. The number of carbonyl (C=O) groups excluding carboxylic acids is 2. The molecule has 3 N–H and O–H groups in total. The van der Waals surface area contributed by atoms with Crippen molar-refractivity contribution in [2.45, 2.75) is 64.5 Å². The van der Waals surface area contributed by atoms with Gasteiger partial charge in [-0.15, -0.1) is 11.8 Å². The zero-order valence-corrected chi connectivity index (χ0v) is 23.5. The molecule has 0 bridgehead atoms. The number of thioether (sulfide) groups is 1. The summed E-state index contributed by atoms with van der Waals surface area (Å²) < 4.78 is 7.43. The topological polar surface area (TPSA) is 106 Å². The molecule has 2 aromatic rings. The summed E-state index contributed by atoms with van der Waals surface area (Å²) in [7, 11) is 0. The maximum absolute atomic E-state index is 12.5. The van der Waals surface area contributed by atoms with E-state index in [0.29, 0.717) is 35.5 Å². The number of hydrogen-bond donors (Lipinski definition) is 2. The number of nitrogens with zero attached hydrogens (tertiary/aromatic N) is 4. The molecule has 1 fully saturated rings. The lowest BCUT2D eigenvalue weighted by Gasteiger charge is -2.35. The number of halogens is 1. The highest BCUT2D eigenvalue weighted by molar-refractivity contribution is 8.07. The number of imidazole rings is 1. The first-order chi connectivity index (χ1) is 17.5. The fourth-order valence-electron chi connectivity index (χ4n) is 4.61. The number of anilines is 1. The minimum atomic E-state index is -0.788. The summed E-state index contributed by atoms with van der Waals surface area (Å²) in [5.41, 5.74) is 11.3. The number of nitrogens with one attached hydrogen (secondary N) is 1. The Hall–Kier alpha value is -2.85. The number of hydrogen-bond acceptors (Lipinski definition) is 7. The largest absolute Gasteiger partial charge is 0.444 e. The lowest BCUT2D eigenvalue weighted by atomic mass is 9.89. The van der Waals surface area contributed by atoms with Gasteiger partial charge >= 0.3 is 6.09 Å². The molecule has 1 aromatic carbocycles. The van der Waals surface area contributed by atoms with Crippen LogP contribution < -0.4 is 11.2 Å². The van der Waals surface area contributed by atoms with Gasteiger partial charge < -0.3 is 15.4 Å². The molecule has 37 heavy (non-hydrogen) atoms. The first-order valence-electron chi connectivity index (χ1n) is 12.5. The molecule has 4 rings (SSSR count). The lowest BCUT2D eigenvalue weighted by Crippen LogP contribution is -2.42. The zero-order chi connectivity index (χ0) is 26.9. The van der Waals surface area contributed by atoms with Crippen LogP contribution in [0.3, 0.4) is 0 Å². The number of benzene rings is 1. The van der Waals surface area contributed by atoms with Crippen molar-refractivity contribution in [2.75, 3.05) is 24.8 Å². The number of nitrogens with two attached hydrogens (primary N) is 1. The fraction of sp³-hybridized carbons (Fsp3) is 0.500. The average molecular weight is 547 g/mol. The lowest BCUT2D eigenvalue weighted by molar-refractivity contribution is -0.122. The van der Waals surface area contributed by atoms with E-state index in [1.54, 1.807) is 21.7 Å². The van der Waals surface area contributed by atoms with Crippen LogP contribution in [0.2, 0.25) is 5.02 Å². The van der Waals surface area contributed by atoms with Crippen LogP contribution in [0.15, 0.2) is 30.6 Å². The normalized spacial score (nSPS) is 18.3. The molecule has 2 amide bonds. The van der Waals surface area contributed by atoms with Crippen molar-refractivity contribution < 1.29 is 14.3 Å². The van der Waals surface area contributed by atoms with Crippen LogP contribution in [0.4, 0.5) is 10.5 Å². The second kappa shape index (κ2) is 10.9. The number of amides is 2. The number of piperidine rings is 1. The highest BCUT2D eigenvalue weighted by Gasteiger charge is 2.34. The highest BCUT2D eigenvalue weighted by atomic mass is 35.5. The van der Waals surface area contributed by atoms with Crippen LogP contribution in [0.1, 0.15) is 69.6 Å². The Morgan fingerprint density at radius 2 is 1.97 bits per heavy atom. The van der Waals surface area contributed by atoms with Crippen LogP contribution in [0.25, 0.3) is 5.03 Å². The van der Waals surface area contributed by atoms with Crippen molar-refractivity contribution in [3.05, 3.63) is 52.7 Å². The minimum Gasteiger partial charge on any atom is -0.444 e. The summed E-state index contributed by atoms with van der Waals surface area (Å²) in [5.74, 6) is 0.359. The van der Waals surface area contributed by atoms with Crippen molar-refractivity contribution in [1.82, 2.24) is 19.5 Å². The van der Waals surface area contributed by atoms with Gasteiger partial charge in [0.15, 0.2) is 6.04 Å². The second-order valence-corrected chi connectivity index (χ2v) is 11.5. The highest BCUT2D eigenvalue weighted by Crippen LogP contribution is 2.37. The number of ether oxygens (including phenoxy) is 1. The van der Waals surface area contributed by atoms with E-state index < -0.39 is 17.6 Å². The van der Waals surface area contributed by atoms with Gasteiger partial charge in [-0.3, -0.25) is 19.8 Å². The van der Waals surface area contributed by atoms with E-state index in [9.17, 15) is 9.59 Å². The van der Waals surface area contributed by atoms with Crippen molar-refractivity contribution in [3.63, 3.8) is 0 Å². The summed E-state index contributed by atoms with van der Waals surface area (Å²) >= 11 is 8.26. The molecular weight excluding hydrogens is 512 g/mol. The molecule has 0 radical (unpaired) electrons. The van der Waals surface area contributed by atoms with Crippen LogP contribution in [0.5, 0.6) is 0 Å². The Balaban J connectivity index is 1.48. The Labute approximate surface area is 227 Å². The quantitative estimate of drug-likeness (QED) is 0.513. The number of carbonyl (C=O) groups is 2. The average Bonchev–Trinajstić information content (AvgIpc) is 3.27. The Morgan fingerprint density at radius 3 is 2.54 bits per heavy atom. The molecule has 0 saturated carbocycles. The van der Waals surface area contributed by atoms with Gasteiger partial charge in [0, 0.05) is 19.3 Å². The van der Waals surface area contributed by atoms with E-state index in [2.05, 4.69) is 10.4 Å². The molecule has 2 aliphatic heterocycles. The van der Waals surface area contributed by atoms with E-state index in [0.717, 1.165) is 35.5 Å². The Kier molecular flexibility index (Phi) is 7.99. The van der Waals surface area contributed by atoms with Crippen LogP contribution in [0, 0.1) is 0 Å². The fourth-order valence-corrected chi connectivity index (χ4v) is 5.41. The number of aromatic nitrogens is 2. The van der Waals surface area contributed by atoms with Gasteiger partial charge in [-0.25, -0.2) is 9.78 Å². The van der Waals surface area contributed by atoms with Gasteiger partial charge in [-0.2, -0.15) is 0 Å². The molecular formula is C26H35ClN6O3S. The van der Waals surface area contributed by atoms with E-state index in [1.165, 1.54) is 0 Å². The molecule has 0 spiro atoms. The van der Waals surface area contributed by atoms with E-state index in [4.69, 9.17) is 22.1 Å². The van der Waals surface area contributed by atoms with Crippen molar-refractivity contribution in [1.29, 1.82) is 0 Å². The predicted octanol–water partition coefficient (Wildman–Crippen LogP) is 5.20. The summed E-state index contributed by atoms with van der Waals surface area (Å²) in [4.78, 5) is 31.3. The summed E-state index contributed by atoms with van der Waals surface area (Å²) in [6, 6.07) is 5.13. The van der Waals surface area contributed by atoms with Gasteiger partial charge in [0.1, 0.15) is 11.4 Å². The number of likely N-dealkylation sites (tertiary alicyclic amines) is 1. The number of rotatable bonds is 6. The van der Waals surface area contributed by atoms with Crippen molar-refractivity contribution >= 4 is 46.1 Å². The van der Waals surface area contributed by atoms with E-state index >= 15 is 0 Å². The maximum Gasteiger partial charge on any atom is 0.410 e. The Morgan fingerprint density at radius 1 is 1.27 bits per heavy atom. The van der Waals surface area contributed by atoms with Crippen LogP contribution in [-0.2, 0) is 16.0 Å². The first-order valence-corrected chi connectivity index (χ1v) is 14.1. The maximum atomic E-state index is 12.5. The van der Waals surface area contributed by atoms with Gasteiger partial charge in [0.05, 0.1) is 27.6 Å². The molecule has 200 valence electrons. The number of hydrazine groups is 1. The van der Waals surface area contributed by atoms with Gasteiger partial charge in [-0.05, 0) is 69.9 Å². The van der Waals surface area contributed by atoms with Gasteiger partial charge in [0.25, 0.3) is 0 Å². The Bertz CT molecular complexity index is 1200. The van der Waals surface area contributed by atoms with E-state index in [-0.39, 0.29) is 6.09 Å². The van der Waals surface area contributed by atoms with Gasteiger partial charge in [0.2, 0.25) is 5.91 Å². The minimum absolute atomic E-state index is 0.265. The molecule has 1 unspecified atom stereocenters. The van der Waals surface area contributed by atoms with Crippen molar-refractivity contribution in [2.24, 2.45) is 5.73 Å². The molecule has 1 saturated heterocycles. The van der Waals surface area contributed by atoms with E-state index in [1.807, 2.05) is 69.1 Å². The number of primary amides is 1. The molecule has 1 atom stereocenters. The number of fused-ring (bicyclic) bond motifs is 1. The molecule has 2 aliphatic rings. The third-order valence-corrected chi connectivity index (χ3v) is 7.53. The first kappa shape index (κ1) is 27.2. The molecule has 9 nitrogen and oxygen atoms in total. The monoisotopic (exact) mass is 546 g/mol.